The van der Waals surface area contributed by atoms with Gasteiger partial charge in [-0.25, -0.2) is 9.78 Å². The molecule has 8 nitrogen and oxygen atoms in total. The predicted octanol–water partition coefficient (Wildman–Crippen LogP) is 4.76. The first-order valence-electron chi connectivity index (χ1n) is 10.9. The number of ether oxygens (including phenoxy) is 1. The average Bonchev–Trinajstić information content (AvgIpc) is 3.35. The zero-order chi connectivity index (χ0) is 23.8. The van der Waals surface area contributed by atoms with Crippen LogP contribution in [0.2, 0.25) is 0 Å². The zero-order valence-electron chi connectivity index (χ0n) is 18.7. The van der Waals surface area contributed by atoms with E-state index >= 15 is 0 Å². The lowest BCUT2D eigenvalue weighted by atomic mass is 9.94. The lowest BCUT2D eigenvalue weighted by molar-refractivity contribution is -0.118. The molecule has 0 spiro atoms. The van der Waals surface area contributed by atoms with Crippen molar-refractivity contribution in [3.63, 3.8) is 0 Å². The number of furan rings is 1. The third-order valence-electron chi connectivity index (χ3n) is 5.69. The Kier molecular flexibility index (Phi) is 5.33. The molecule has 1 amide bonds. The van der Waals surface area contributed by atoms with Crippen LogP contribution in [-0.2, 0) is 9.53 Å². The van der Waals surface area contributed by atoms with E-state index in [0.717, 1.165) is 5.56 Å². The van der Waals surface area contributed by atoms with Crippen molar-refractivity contribution in [2.75, 3.05) is 17.3 Å². The number of nitrogens with two attached hydrogens (primary N) is 1. The molecule has 34 heavy (non-hydrogen) atoms. The lowest BCUT2D eigenvalue weighted by Crippen LogP contribution is -2.26. The fourth-order valence-corrected chi connectivity index (χ4v) is 4.14. The Labute approximate surface area is 195 Å². The van der Waals surface area contributed by atoms with Gasteiger partial charge < -0.3 is 14.9 Å². The molecule has 5 rings (SSSR count). The van der Waals surface area contributed by atoms with Gasteiger partial charge in [0.1, 0.15) is 5.92 Å². The molecule has 1 unspecified atom stereocenters. The number of benzene rings is 2. The quantitative estimate of drug-likeness (QED) is 0.435. The molecule has 4 aromatic rings. The predicted molar refractivity (Wildman–Crippen MR) is 130 cm³/mol. The zero-order valence-corrected chi connectivity index (χ0v) is 18.7. The Morgan fingerprint density at radius 3 is 2.47 bits per heavy atom. The van der Waals surface area contributed by atoms with E-state index in [-0.39, 0.29) is 29.7 Å². The third kappa shape index (κ3) is 3.49. The van der Waals surface area contributed by atoms with E-state index in [1.807, 2.05) is 66.7 Å². The molecule has 0 fully saturated rings. The number of para-hydroxylation sites is 1. The van der Waals surface area contributed by atoms with Crippen LogP contribution in [0.4, 0.5) is 11.4 Å². The third-order valence-corrected chi connectivity index (χ3v) is 5.69. The monoisotopic (exact) mass is 454 g/mol. The van der Waals surface area contributed by atoms with Crippen LogP contribution in [0, 0.1) is 0 Å². The van der Waals surface area contributed by atoms with Crippen molar-refractivity contribution in [3.05, 3.63) is 78.2 Å². The summed E-state index contributed by atoms with van der Waals surface area (Å²) in [5, 5.41) is 6.37. The molecule has 3 heterocycles. The number of carbonyl (C=O) groups is 2. The van der Waals surface area contributed by atoms with Gasteiger partial charge in [0.25, 0.3) is 5.91 Å². The molecule has 0 saturated heterocycles. The number of nitrogen functional groups attached to an aromatic ring is 1. The van der Waals surface area contributed by atoms with E-state index in [1.54, 1.807) is 13.8 Å². The fourth-order valence-electron chi connectivity index (χ4n) is 4.14. The smallest absolute Gasteiger partial charge is 0.376 e. The average molecular weight is 454 g/mol. The van der Waals surface area contributed by atoms with Gasteiger partial charge in [0.15, 0.2) is 0 Å². The molecule has 2 N–H and O–H groups in total. The number of hydrazone groups is 1. The van der Waals surface area contributed by atoms with E-state index in [4.69, 9.17) is 14.9 Å². The number of hydrogen-bond donors (Lipinski definition) is 1. The van der Waals surface area contributed by atoms with E-state index in [2.05, 4.69) is 10.1 Å². The normalized spacial score (nSPS) is 15.6. The molecule has 0 aliphatic carbocycles. The Morgan fingerprint density at radius 2 is 1.79 bits per heavy atom. The summed E-state index contributed by atoms with van der Waals surface area (Å²) in [7, 11) is 0. The Hall–Kier alpha value is -4.46. The largest absolute Gasteiger partial charge is 0.460 e. The van der Waals surface area contributed by atoms with Gasteiger partial charge >= 0.3 is 5.97 Å². The minimum atomic E-state index is -0.704. The Morgan fingerprint density at radius 1 is 1.12 bits per heavy atom. The molecule has 2 aromatic heterocycles. The van der Waals surface area contributed by atoms with Gasteiger partial charge in [0.2, 0.25) is 11.5 Å². The van der Waals surface area contributed by atoms with Crippen molar-refractivity contribution < 1.29 is 18.7 Å². The second-order valence-electron chi connectivity index (χ2n) is 7.87. The lowest BCUT2D eigenvalue weighted by Gasteiger charge is -2.15. The second kappa shape index (κ2) is 8.47. The highest BCUT2D eigenvalue weighted by molar-refractivity contribution is 6.19. The van der Waals surface area contributed by atoms with Crippen molar-refractivity contribution in [3.8, 4) is 11.1 Å². The molecular weight excluding hydrogens is 432 g/mol. The number of fused-ring (bicyclic) bond motifs is 1. The summed E-state index contributed by atoms with van der Waals surface area (Å²) >= 11 is 0. The Bertz CT molecular complexity index is 1430. The number of amides is 1. The molecule has 1 atom stereocenters. The summed E-state index contributed by atoms with van der Waals surface area (Å²) in [6, 6.07) is 20.6. The van der Waals surface area contributed by atoms with Crippen LogP contribution >= 0.6 is 0 Å². The first-order valence-corrected chi connectivity index (χ1v) is 10.9. The Balaban J connectivity index is 1.68. The van der Waals surface area contributed by atoms with Gasteiger partial charge in [-0.05, 0) is 43.2 Å². The first kappa shape index (κ1) is 21.4. The van der Waals surface area contributed by atoms with Gasteiger partial charge in [-0.2, -0.15) is 10.1 Å². The van der Waals surface area contributed by atoms with Crippen molar-refractivity contribution in [1.82, 2.24) is 4.98 Å². The molecule has 2 aromatic carbocycles. The van der Waals surface area contributed by atoms with E-state index in [9.17, 15) is 9.59 Å². The molecule has 8 heteroatoms. The SMILES string of the molecule is CCOC(=O)c1oc2nc(C3C(=O)N(c4ccccc4)N=C3C)cc(-c3ccccc3)c2c1N. The van der Waals surface area contributed by atoms with Crippen molar-refractivity contribution in [1.29, 1.82) is 0 Å². The van der Waals surface area contributed by atoms with Crippen molar-refractivity contribution >= 4 is 40.1 Å². The number of aromatic nitrogens is 1. The maximum Gasteiger partial charge on any atom is 0.376 e. The molecule has 0 bridgehead atoms. The van der Waals surface area contributed by atoms with Crippen LogP contribution < -0.4 is 10.7 Å². The molecule has 0 saturated carbocycles. The van der Waals surface area contributed by atoms with Crippen LogP contribution in [0.25, 0.3) is 22.2 Å². The van der Waals surface area contributed by atoms with Crippen LogP contribution in [0.5, 0.6) is 0 Å². The minimum Gasteiger partial charge on any atom is -0.460 e. The van der Waals surface area contributed by atoms with Crippen LogP contribution in [-0.4, -0.2) is 29.2 Å². The maximum absolute atomic E-state index is 13.4. The molecular formula is C26H22N4O4. The summed E-state index contributed by atoms with van der Waals surface area (Å²) in [5.74, 6) is -1.69. The summed E-state index contributed by atoms with van der Waals surface area (Å²) in [4.78, 5) is 30.4. The van der Waals surface area contributed by atoms with E-state index in [0.29, 0.717) is 28.0 Å². The summed E-state index contributed by atoms with van der Waals surface area (Å²) in [6.45, 7) is 3.68. The molecule has 1 aliphatic heterocycles. The number of pyridine rings is 1. The van der Waals surface area contributed by atoms with Crippen LogP contribution in [0.15, 0.2) is 76.2 Å². The second-order valence-corrected chi connectivity index (χ2v) is 7.87. The van der Waals surface area contributed by atoms with E-state index < -0.39 is 11.9 Å². The van der Waals surface area contributed by atoms with Gasteiger partial charge in [-0.3, -0.25) is 4.79 Å². The molecule has 170 valence electrons. The maximum atomic E-state index is 13.4. The van der Waals surface area contributed by atoms with Gasteiger partial charge in [-0.15, -0.1) is 0 Å². The highest BCUT2D eigenvalue weighted by atomic mass is 16.5. The van der Waals surface area contributed by atoms with Gasteiger partial charge in [-0.1, -0.05) is 48.5 Å². The van der Waals surface area contributed by atoms with E-state index in [1.165, 1.54) is 5.01 Å². The number of esters is 1. The first-order chi connectivity index (χ1) is 16.5. The van der Waals surface area contributed by atoms with Gasteiger partial charge in [0.05, 0.1) is 34.8 Å². The summed E-state index contributed by atoms with van der Waals surface area (Å²) in [6.07, 6.45) is 0. The number of nitrogens with zero attached hydrogens (tertiary/aromatic N) is 3. The molecule has 0 radical (unpaired) electrons. The van der Waals surface area contributed by atoms with Crippen LogP contribution in [0.1, 0.15) is 36.0 Å². The highest BCUT2D eigenvalue weighted by Crippen LogP contribution is 2.39. The topological polar surface area (TPSA) is 111 Å². The minimum absolute atomic E-state index is 0.104. The highest BCUT2D eigenvalue weighted by Gasteiger charge is 2.38. The summed E-state index contributed by atoms with van der Waals surface area (Å²) < 4.78 is 10.9. The number of rotatable bonds is 5. The van der Waals surface area contributed by atoms with Crippen LogP contribution in [0.3, 0.4) is 0 Å². The molecule has 1 aliphatic rings. The standard InChI is InChI=1S/C26H22N4O4/c1-3-33-26(32)23-22(27)21-18(16-10-6-4-7-11-16)14-19(28-24(21)34-23)20-15(2)29-30(25(20)31)17-12-8-5-9-13-17/h4-14,20H,3,27H2,1-2H3. The van der Waals surface area contributed by atoms with Crippen molar-refractivity contribution in [2.45, 2.75) is 19.8 Å². The summed E-state index contributed by atoms with van der Waals surface area (Å²) in [5.41, 5.74) is 9.93. The van der Waals surface area contributed by atoms with Crippen molar-refractivity contribution in [2.24, 2.45) is 5.10 Å². The fraction of sp³-hybridized carbons (Fsp3) is 0.154. The number of carbonyl (C=O) groups excluding carboxylic acids is 2. The number of hydrogen-bond acceptors (Lipinski definition) is 7. The van der Waals surface area contributed by atoms with Gasteiger partial charge in [0, 0.05) is 0 Å². The number of anilines is 2.